The van der Waals surface area contributed by atoms with E-state index in [-0.39, 0.29) is 11.6 Å². The highest BCUT2D eigenvalue weighted by Gasteiger charge is 2.26. The zero-order chi connectivity index (χ0) is 16.0. The van der Waals surface area contributed by atoms with Gasteiger partial charge in [-0.25, -0.2) is 18.2 Å². The van der Waals surface area contributed by atoms with Crippen molar-refractivity contribution in [3.63, 3.8) is 0 Å². The van der Waals surface area contributed by atoms with Crippen LogP contribution in [-0.2, 0) is 25.2 Å². The van der Waals surface area contributed by atoms with Crippen molar-refractivity contribution >= 4 is 21.7 Å². The van der Waals surface area contributed by atoms with Crippen molar-refractivity contribution in [1.29, 1.82) is 0 Å². The Morgan fingerprint density at radius 3 is 2.62 bits per heavy atom. The van der Waals surface area contributed by atoms with Crippen molar-refractivity contribution in [3.8, 4) is 5.88 Å². The summed E-state index contributed by atoms with van der Waals surface area (Å²) in [6, 6.07) is 3.15. The van der Waals surface area contributed by atoms with E-state index in [1.54, 1.807) is 12.1 Å². The van der Waals surface area contributed by atoms with Gasteiger partial charge in [-0.05, 0) is 6.07 Å². The van der Waals surface area contributed by atoms with Gasteiger partial charge >= 0.3 is 5.97 Å². The number of aliphatic carboxylic acids is 1. The molecule has 1 atom stereocenters. The summed E-state index contributed by atoms with van der Waals surface area (Å²) in [4.78, 5) is 25.8. The van der Waals surface area contributed by atoms with Gasteiger partial charge in [0.05, 0.1) is 24.3 Å². The van der Waals surface area contributed by atoms with Crippen LogP contribution in [0.1, 0.15) is 12.6 Å². The fourth-order valence-corrected chi connectivity index (χ4v) is 3.07. The van der Waals surface area contributed by atoms with E-state index >= 15 is 0 Å². The van der Waals surface area contributed by atoms with E-state index in [0.717, 1.165) is 6.92 Å². The number of aromatic nitrogens is 1. The Balaban J connectivity index is 2.84. The van der Waals surface area contributed by atoms with Crippen LogP contribution in [0.5, 0.6) is 5.88 Å². The van der Waals surface area contributed by atoms with E-state index in [2.05, 4.69) is 10.3 Å². The van der Waals surface area contributed by atoms with Gasteiger partial charge < -0.3 is 15.2 Å². The summed E-state index contributed by atoms with van der Waals surface area (Å²) in [6.45, 7) is 1.12. The molecule has 0 fully saturated rings. The number of amides is 1. The zero-order valence-corrected chi connectivity index (χ0v) is 12.4. The number of methoxy groups -OCH3 is 1. The molecule has 0 saturated carbocycles. The predicted molar refractivity (Wildman–Crippen MR) is 73.5 cm³/mol. The molecule has 0 aliphatic rings. The predicted octanol–water partition coefficient (Wildman–Crippen LogP) is -0.406. The maximum Gasteiger partial charge on any atom is 0.327 e. The number of nitrogens with one attached hydrogen (secondary N) is 1. The molecule has 1 amide bonds. The third-order valence-corrected chi connectivity index (χ3v) is 4.03. The van der Waals surface area contributed by atoms with E-state index in [0.29, 0.717) is 0 Å². The van der Waals surface area contributed by atoms with E-state index in [4.69, 9.17) is 9.84 Å². The largest absolute Gasteiger partial charge is 0.481 e. The van der Waals surface area contributed by atoms with Gasteiger partial charge in [-0.2, -0.15) is 0 Å². The molecule has 0 bridgehead atoms. The molecule has 9 heteroatoms. The minimum Gasteiger partial charge on any atom is -0.481 e. The van der Waals surface area contributed by atoms with Crippen LogP contribution in [0.25, 0.3) is 0 Å². The van der Waals surface area contributed by atoms with E-state index in [1.165, 1.54) is 13.2 Å². The van der Waals surface area contributed by atoms with Crippen LogP contribution < -0.4 is 10.1 Å². The smallest absolute Gasteiger partial charge is 0.327 e. The maximum absolute atomic E-state index is 12.0. The van der Waals surface area contributed by atoms with Gasteiger partial charge in [-0.3, -0.25) is 4.79 Å². The summed E-state index contributed by atoms with van der Waals surface area (Å²) < 4.78 is 28.9. The molecule has 2 N–H and O–H groups in total. The molecule has 0 saturated heterocycles. The number of rotatable bonds is 7. The number of carboxylic acid groups (broad SMARTS) is 1. The fourth-order valence-electron chi connectivity index (χ4n) is 1.61. The second kappa shape index (κ2) is 7.02. The molecule has 0 aromatic carbocycles. The number of hydrogen-bond acceptors (Lipinski definition) is 6. The molecule has 1 heterocycles. The highest BCUT2D eigenvalue weighted by molar-refractivity contribution is 7.90. The van der Waals surface area contributed by atoms with Gasteiger partial charge in [0.1, 0.15) is 6.04 Å². The monoisotopic (exact) mass is 316 g/mol. The molecule has 1 rings (SSSR count). The first-order valence-corrected chi connectivity index (χ1v) is 7.76. The minimum atomic E-state index is -3.76. The van der Waals surface area contributed by atoms with Gasteiger partial charge in [0.2, 0.25) is 11.8 Å². The second-order valence-corrected chi connectivity index (χ2v) is 6.43. The molecule has 116 valence electrons. The molecular formula is C12H16N2O6S. The average molecular weight is 316 g/mol. The van der Waals surface area contributed by atoms with Gasteiger partial charge in [0, 0.05) is 13.0 Å². The van der Waals surface area contributed by atoms with Crippen molar-refractivity contribution in [3.05, 3.63) is 23.9 Å². The van der Waals surface area contributed by atoms with E-state index < -0.39 is 39.3 Å². The number of carbonyl (C=O) groups excluding carboxylic acids is 1. The lowest BCUT2D eigenvalue weighted by Gasteiger charge is -2.13. The third kappa shape index (κ3) is 5.78. The number of ether oxygens (including phenoxy) is 1. The Morgan fingerprint density at radius 1 is 1.43 bits per heavy atom. The van der Waals surface area contributed by atoms with Gasteiger partial charge in [0.25, 0.3) is 0 Å². The first-order valence-electron chi connectivity index (χ1n) is 5.94. The van der Waals surface area contributed by atoms with Crippen LogP contribution in [0.2, 0.25) is 0 Å². The van der Waals surface area contributed by atoms with Crippen molar-refractivity contribution in [1.82, 2.24) is 10.3 Å². The Hall–Kier alpha value is -2.16. The standard InChI is InChI=1S/C12H16N2O6S/c1-8(15)13-10(12(16)17)7-21(18,19)6-9-4-3-5-11(14-9)20-2/h3-5,10H,6-7H2,1-2H3,(H,13,15)(H,16,17)/t10-/m0/s1. The molecule has 0 unspecified atom stereocenters. The Kier molecular flexibility index (Phi) is 5.65. The van der Waals surface area contributed by atoms with Crippen molar-refractivity contribution < 1.29 is 27.9 Å². The number of carboxylic acids is 1. The molecule has 0 radical (unpaired) electrons. The molecule has 1 aromatic heterocycles. The maximum atomic E-state index is 12.0. The van der Waals surface area contributed by atoms with Crippen LogP contribution in [0, 0.1) is 0 Å². The molecule has 1 aromatic rings. The molecule has 0 aliphatic carbocycles. The number of pyridine rings is 1. The zero-order valence-electron chi connectivity index (χ0n) is 11.6. The van der Waals surface area contributed by atoms with Crippen LogP contribution in [0.4, 0.5) is 0 Å². The molecule has 8 nitrogen and oxygen atoms in total. The summed E-state index contributed by atoms with van der Waals surface area (Å²) >= 11 is 0. The van der Waals surface area contributed by atoms with Crippen molar-refractivity contribution in [2.24, 2.45) is 0 Å². The lowest BCUT2D eigenvalue weighted by molar-refractivity contribution is -0.140. The summed E-state index contributed by atoms with van der Waals surface area (Å²) in [6.07, 6.45) is 0. The highest BCUT2D eigenvalue weighted by atomic mass is 32.2. The molecule has 0 aliphatic heterocycles. The number of hydrogen-bond donors (Lipinski definition) is 2. The number of carbonyl (C=O) groups is 2. The first kappa shape index (κ1) is 16.9. The lowest BCUT2D eigenvalue weighted by Crippen LogP contribution is -2.44. The first-order chi connectivity index (χ1) is 9.73. The highest BCUT2D eigenvalue weighted by Crippen LogP contribution is 2.11. The van der Waals surface area contributed by atoms with E-state index in [9.17, 15) is 18.0 Å². The van der Waals surface area contributed by atoms with Crippen LogP contribution in [0.3, 0.4) is 0 Å². The van der Waals surface area contributed by atoms with Crippen LogP contribution >= 0.6 is 0 Å². The second-order valence-electron chi connectivity index (χ2n) is 4.32. The molecule has 0 spiro atoms. The number of sulfone groups is 1. The fraction of sp³-hybridized carbons (Fsp3) is 0.417. The van der Waals surface area contributed by atoms with Crippen LogP contribution in [-0.4, -0.2) is 49.3 Å². The average Bonchev–Trinajstić information content (AvgIpc) is 2.36. The summed E-state index contributed by atoms with van der Waals surface area (Å²) in [5, 5.41) is 11.0. The van der Waals surface area contributed by atoms with Gasteiger partial charge in [-0.15, -0.1) is 0 Å². The third-order valence-electron chi connectivity index (χ3n) is 2.45. The SMILES string of the molecule is COc1cccc(CS(=O)(=O)C[C@H](NC(C)=O)C(=O)O)n1. The Morgan fingerprint density at radius 2 is 2.10 bits per heavy atom. The molecular weight excluding hydrogens is 300 g/mol. The Labute approximate surface area is 122 Å². The van der Waals surface area contributed by atoms with Crippen molar-refractivity contribution in [2.45, 2.75) is 18.7 Å². The Bertz CT molecular complexity index is 628. The summed E-state index contributed by atoms with van der Waals surface area (Å²) in [5.41, 5.74) is 0.237. The normalized spacial score (nSPS) is 12.5. The van der Waals surface area contributed by atoms with Crippen molar-refractivity contribution in [2.75, 3.05) is 12.9 Å². The van der Waals surface area contributed by atoms with E-state index in [1.807, 2.05) is 0 Å². The summed E-state index contributed by atoms with van der Waals surface area (Å²) in [5.74, 6) is -2.90. The summed E-state index contributed by atoms with van der Waals surface area (Å²) in [7, 11) is -2.36. The lowest BCUT2D eigenvalue weighted by atomic mass is 10.3. The number of nitrogens with zero attached hydrogens (tertiary/aromatic N) is 1. The quantitative estimate of drug-likeness (QED) is 0.701. The van der Waals surface area contributed by atoms with Crippen LogP contribution in [0.15, 0.2) is 18.2 Å². The van der Waals surface area contributed by atoms with Gasteiger partial charge in [-0.1, -0.05) is 6.07 Å². The molecule has 21 heavy (non-hydrogen) atoms. The van der Waals surface area contributed by atoms with Gasteiger partial charge in [0.15, 0.2) is 9.84 Å². The topological polar surface area (TPSA) is 123 Å². The minimum absolute atomic E-state index is 0.237.